The van der Waals surface area contributed by atoms with Gasteiger partial charge in [-0.05, 0) is 49.9 Å². The molecular weight excluding hydrogens is 216 g/mol. The molecule has 1 atom stereocenters. The fourth-order valence-corrected chi connectivity index (χ4v) is 3.86. The van der Waals surface area contributed by atoms with Gasteiger partial charge in [-0.25, -0.2) is 0 Å². The standard InChI is InChI=1S/C18H30/c1-4-5-6-10-15-11-9-14-18(2,3)17-13-8-7-12-16(15)17/h9,14,17H,4-8,10-13H2,1-3H3. The second kappa shape index (κ2) is 6.08. The molecule has 2 aliphatic rings. The average Bonchev–Trinajstić information content (AvgIpc) is 2.48. The summed E-state index contributed by atoms with van der Waals surface area (Å²) in [6, 6.07) is 0. The Morgan fingerprint density at radius 2 is 2.06 bits per heavy atom. The molecule has 0 amide bonds. The molecule has 0 bridgehead atoms. The summed E-state index contributed by atoms with van der Waals surface area (Å²) in [5, 5.41) is 0. The van der Waals surface area contributed by atoms with E-state index < -0.39 is 0 Å². The van der Waals surface area contributed by atoms with E-state index in [0.29, 0.717) is 5.41 Å². The molecule has 0 saturated heterocycles. The Morgan fingerprint density at radius 3 is 2.83 bits per heavy atom. The van der Waals surface area contributed by atoms with Gasteiger partial charge in [0.15, 0.2) is 0 Å². The van der Waals surface area contributed by atoms with Crippen molar-refractivity contribution in [3.05, 3.63) is 23.3 Å². The van der Waals surface area contributed by atoms with Gasteiger partial charge in [-0.1, -0.05) is 63.3 Å². The molecule has 0 aromatic carbocycles. The van der Waals surface area contributed by atoms with Crippen LogP contribution in [0.15, 0.2) is 23.3 Å². The van der Waals surface area contributed by atoms with Gasteiger partial charge in [-0.15, -0.1) is 0 Å². The minimum atomic E-state index is 0.391. The number of allylic oxidation sites excluding steroid dienone is 4. The first-order valence-electron chi connectivity index (χ1n) is 8.03. The van der Waals surface area contributed by atoms with Gasteiger partial charge in [0.2, 0.25) is 0 Å². The summed E-state index contributed by atoms with van der Waals surface area (Å²) in [5.74, 6) is 0.835. The van der Waals surface area contributed by atoms with Gasteiger partial charge >= 0.3 is 0 Å². The third-order valence-electron chi connectivity index (χ3n) is 4.96. The molecule has 0 aromatic heterocycles. The smallest absolute Gasteiger partial charge is 0.0109 e. The van der Waals surface area contributed by atoms with E-state index >= 15 is 0 Å². The van der Waals surface area contributed by atoms with Gasteiger partial charge in [0.25, 0.3) is 0 Å². The monoisotopic (exact) mass is 246 g/mol. The Hall–Kier alpha value is -0.520. The second-order valence-electron chi connectivity index (χ2n) is 6.81. The van der Waals surface area contributed by atoms with Crippen molar-refractivity contribution < 1.29 is 0 Å². The first-order valence-corrected chi connectivity index (χ1v) is 8.03. The summed E-state index contributed by atoms with van der Waals surface area (Å²) >= 11 is 0. The molecule has 18 heavy (non-hydrogen) atoms. The van der Waals surface area contributed by atoms with Crippen molar-refractivity contribution in [3.63, 3.8) is 0 Å². The van der Waals surface area contributed by atoms with Crippen LogP contribution in [-0.4, -0.2) is 0 Å². The van der Waals surface area contributed by atoms with E-state index in [4.69, 9.17) is 0 Å². The van der Waals surface area contributed by atoms with Gasteiger partial charge in [0, 0.05) is 0 Å². The van der Waals surface area contributed by atoms with Crippen molar-refractivity contribution in [3.8, 4) is 0 Å². The molecule has 0 spiro atoms. The highest BCUT2D eigenvalue weighted by Gasteiger charge is 2.34. The molecule has 1 unspecified atom stereocenters. The molecule has 0 aromatic rings. The highest BCUT2D eigenvalue weighted by Crippen LogP contribution is 2.46. The lowest BCUT2D eigenvalue weighted by Crippen LogP contribution is -2.26. The predicted octanol–water partition coefficient (Wildman–Crippen LogP) is 6.04. The zero-order chi connectivity index (χ0) is 13.0. The Labute approximate surface area is 114 Å². The number of hydrogen-bond acceptors (Lipinski definition) is 0. The van der Waals surface area contributed by atoms with Crippen molar-refractivity contribution in [2.45, 2.75) is 78.6 Å². The molecule has 2 aliphatic carbocycles. The van der Waals surface area contributed by atoms with E-state index in [1.165, 1.54) is 57.8 Å². The van der Waals surface area contributed by atoms with Crippen molar-refractivity contribution in [1.82, 2.24) is 0 Å². The first kappa shape index (κ1) is 13.9. The molecule has 1 saturated carbocycles. The number of hydrogen-bond donors (Lipinski definition) is 0. The summed E-state index contributed by atoms with van der Waals surface area (Å²) < 4.78 is 0. The Morgan fingerprint density at radius 1 is 1.22 bits per heavy atom. The summed E-state index contributed by atoms with van der Waals surface area (Å²) in [4.78, 5) is 0. The normalized spacial score (nSPS) is 26.9. The van der Waals surface area contributed by atoms with Crippen LogP contribution in [0.5, 0.6) is 0 Å². The lowest BCUT2D eigenvalue weighted by atomic mass is 9.68. The SMILES string of the molecule is CCCCCC1=C2CCCCC2C(C)(C)C=CC1. The maximum Gasteiger partial charge on any atom is -0.0109 e. The molecule has 0 heteroatoms. The van der Waals surface area contributed by atoms with Crippen molar-refractivity contribution in [2.75, 3.05) is 0 Å². The van der Waals surface area contributed by atoms with E-state index in [1.807, 2.05) is 5.57 Å². The average molecular weight is 246 g/mol. The van der Waals surface area contributed by atoms with Crippen molar-refractivity contribution in [2.24, 2.45) is 11.3 Å². The van der Waals surface area contributed by atoms with Crippen LogP contribution in [0.3, 0.4) is 0 Å². The van der Waals surface area contributed by atoms with Crippen LogP contribution in [0.1, 0.15) is 78.6 Å². The molecule has 102 valence electrons. The van der Waals surface area contributed by atoms with Crippen LogP contribution in [-0.2, 0) is 0 Å². The summed E-state index contributed by atoms with van der Waals surface area (Å²) in [6.45, 7) is 7.18. The Kier molecular flexibility index (Phi) is 4.70. The van der Waals surface area contributed by atoms with E-state index in [-0.39, 0.29) is 0 Å². The summed E-state index contributed by atoms with van der Waals surface area (Å²) in [6.07, 6.45) is 17.4. The van der Waals surface area contributed by atoms with Crippen LogP contribution in [0, 0.1) is 11.3 Å². The molecular formula is C18H30. The minimum Gasteiger partial charge on any atom is -0.0839 e. The molecule has 1 fully saturated rings. The van der Waals surface area contributed by atoms with Gasteiger partial charge in [-0.2, -0.15) is 0 Å². The molecule has 0 radical (unpaired) electrons. The van der Waals surface area contributed by atoms with E-state index in [1.54, 1.807) is 5.57 Å². The molecule has 0 nitrogen and oxygen atoms in total. The zero-order valence-electron chi connectivity index (χ0n) is 12.6. The van der Waals surface area contributed by atoms with E-state index in [2.05, 4.69) is 32.9 Å². The maximum absolute atomic E-state index is 2.50. The van der Waals surface area contributed by atoms with Crippen LogP contribution in [0.4, 0.5) is 0 Å². The highest BCUT2D eigenvalue weighted by molar-refractivity contribution is 5.28. The molecule has 2 rings (SSSR count). The molecule has 0 aliphatic heterocycles. The quantitative estimate of drug-likeness (QED) is 0.419. The van der Waals surface area contributed by atoms with Crippen LogP contribution in [0.2, 0.25) is 0 Å². The molecule has 0 N–H and O–H groups in total. The molecule has 0 heterocycles. The predicted molar refractivity (Wildman–Crippen MR) is 80.7 cm³/mol. The van der Waals surface area contributed by atoms with Gasteiger partial charge < -0.3 is 0 Å². The Bertz CT molecular complexity index is 330. The van der Waals surface area contributed by atoms with Gasteiger partial charge in [0.05, 0.1) is 0 Å². The second-order valence-corrected chi connectivity index (χ2v) is 6.81. The van der Waals surface area contributed by atoms with Crippen molar-refractivity contribution >= 4 is 0 Å². The Balaban J connectivity index is 2.18. The first-order chi connectivity index (χ1) is 8.65. The number of rotatable bonds is 4. The lowest BCUT2D eigenvalue weighted by molar-refractivity contribution is 0.272. The minimum absolute atomic E-state index is 0.391. The number of fused-ring (bicyclic) bond motifs is 1. The largest absolute Gasteiger partial charge is 0.0839 e. The van der Waals surface area contributed by atoms with E-state index in [9.17, 15) is 0 Å². The lowest BCUT2D eigenvalue weighted by Gasteiger charge is -2.37. The van der Waals surface area contributed by atoms with E-state index in [0.717, 1.165) is 5.92 Å². The topological polar surface area (TPSA) is 0 Å². The fraction of sp³-hybridized carbons (Fsp3) is 0.778. The maximum atomic E-state index is 2.50. The third kappa shape index (κ3) is 3.08. The van der Waals surface area contributed by atoms with Gasteiger partial charge in [0.1, 0.15) is 0 Å². The summed E-state index contributed by atoms with van der Waals surface area (Å²) in [5.41, 5.74) is 4.05. The van der Waals surface area contributed by atoms with Crippen LogP contribution < -0.4 is 0 Å². The van der Waals surface area contributed by atoms with Crippen LogP contribution in [0.25, 0.3) is 0 Å². The zero-order valence-corrected chi connectivity index (χ0v) is 12.6. The fourth-order valence-electron chi connectivity index (χ4n) is 3.86. The third-order valence-corrected chi connectivity index (χ3v) is 4.96. The van der Waals surface area contributed by atoms with Crippen molar-refractivity contribution in [1.29, 1.82) is 0 Å². The van der Waals surface area contributed by atoms with Gasteiger partial charge in [-0.3, -0.25) is 0 Å². The highest BCUT2D eigenvalue weighted by atomic mass is 14.4. The van der Waals surface area contributed by atoms with Crippen LogP contribution >= 0.6 is 0 Å². The number of unbranched alkanes of at least 4 members (excludes halogenated alkanes) is 2. The summed E-state index contributed by atoms with van der Waals surface area (Å²) in [7, 11) is 0.